The Bertz CT molecular complexity index is 816. The molecule has 1 aliphatic rings. The number of hydrogen-bond donors (Lipinski definition) is 2. The predicted molar refractivity (Wildman–Crippen MR) is 104 cm³/mol. The van der Waals surface area contributed by atoms with Gasteiger partial charge in [-0.1, -0.05) is 12.1 Å². The summed E-state index contributed by atoms with van der Waals surface area (Å²) in [6, 6.07) is 9.29. The van der Waals surface area contributed by atoms with Crippen molar-refractivity contribution >= 4 is 11.6 Å². The summed E-state index contributed by atoms with van der Waals surface area (Å²) < 4.78 is 5.63. The van der Waals surface area contributed by atoms with Gasteiger partial charge in [-0.15, -0.1) is 0 Å². The number of carbonyl (C=O) groups is 1. The number of rotatable bonds is 6. The van der Waals surface area contributed by atoms with Crippen LogP contribution in [0.25, 0.3) is 0 Å². The zero-order valence-corrected chi connectivity index (χ0v) is 15.8. The Labute approximate surface area is 158 Å². The normalized spacial score (nSPS) is 17.0. The van der Waals surface area contributed by atoms with Crippen molar-refractivity contribution in [2.75, 3.05) is 18.0 Å². The van der Waals surface area contributed by atoms with Crippen molar-refractivity contribution in [2.24, 2.45) is 5.92 Å². The van der Waals surface area contributed by atoms with Crippen LogP contribution in [-0.4, -0.2) is 35.3 Å². The molecule has 7 nitrogen and oxygen atoms in total. The van der Waals surface area contributed by atoms with Crippen LogP contribution in [0.5, 0.6) is 5.75 Å². The van der Waals surface area contributed by atoms with Gasteiger partial charge in [0.1, 0.15) is 5.75 Å². The molecule has 1 fully saturated rings. The van der Waals surface area contributed by atoms with Crippen LogP contribution in [0.4, 0.5) is 5.69 Å². The molecule has 1 saturated heterocycles. The maximum Gasteiger partial charge on any atom is 0.266 e. The van der Waals surface area contributed by atoms with Gasteiger partial charge in [-0.05, 0) is 44.4 Å². The third kappa shape index (κ3) is 5.32. The molecule has 1 aromatic carbocycles. The number of anilines is 1. The van der Waals surface area contributed by atoms with Gasteiger partial charge in [0.05, 0.1) is 23.9 Å². The number of H-pyrrole nitrogens is 1. The quantitative estimate of drug-likeness (QED) is 0.813. The van der Waals surface area contributed by atoms with Crippen LogP contribution in [0.3, 0.4) is 0 Å². The number of hydrogen-bond acceptors (Lipinski definition) is 5. The second kappa shape index (κ2) is 8.70. The lowest BCUT2D eigenvalue weighted by Gasteiger charge is -2.33. The molecule has 2 N–H and O–H groups in total. The summed E-state index contributed by atoms with van der Waals surface area (Å²) in [5, 5.41) is 9.24. The largest absolute Gasteiger partial charge is 0.491 e. The number of aromatic nitrogens is 2. The van der Waals surface area contributed by atoms with Crippen molar-refractivity contribution in [1.82, 2.24) is 15.5 Å². The predicted octanol–water partition coefficient (Wildman–Crippen LogP) is 2.09. The van der Waals surface area contributed by atoms with E-state index in [1.807, 2.05) is 43.0 Å². The molecule has 2 aromatic rings. The SMILES string of the molecule is CC(C)Oc1ccc(CNC(=O)[C@H]2CCCN(c3cn[nH]c(=O)c3)C2)cc1. The minimum atomic E-state index is -0.232. The van der Waals surface area contributed by atoms with E-state index in [1.54, 1.807) is 6.20 Å². The average Bonchev–Trinajstić information content (AvgIpc) is 2.67. The highest BCUT2D eigenvalue weighted by atomic mass is 16.5. The van der Waals surface area contributed by atoms with Crippen molar-refractivity contribution in [3.63, 3.8) is 0 Å². The Balaban J connectivity index is 1.54. The Morgan fingerprint density at radius 3 is 2.85 bits per heavy atom. The summed E-state index contributed by atoms with van der Waals surface area (Å²) in [7, 11) is 0. The zero-order chi connectivity index (χ0) is 19.2. The van der Waals surface area contributed by atoms with Crippen LogP contribution in [-0.2, 0) is 11.3 Å². The van der Waals surface area contributed by atoms with Crippen molar-refractivity contribution < 1.29 is 9.53 Å². The standard InChI is InChI=1S/C20H26N4O3/c1-14(2)27-18-7-5-15(6-8-18)11-21-20(26)16-4-3-9-24(13-16)17-10-19(25)23-22-12-17/h5-8,10,12,14,16H,3-4,9,11,13H2,1-2H3,(H,21,26)(H,23,25)/t16-/m0/s1. The second-order valence-corrected chi connectivity index (χ2v) is 7.12. The van der Waals surface area contributed by atoms with Crippen LogP contribution >= 0.6 is 0 Å². The molecule has 0 bridgehead atoms. The summed E-state index contributed by atoms with van der Waals surface area (Å²) in [6.45, 7) is 5.89. The molecular weight excluding hydrogens is 344 g/mol. The molecule has 1 amide bonds. The lowest BCUT2D eigenvalue weighted by Crippen LogP contribution is -2.43. The number of amides is 1. The summed E-state index contributed by atoms with van der Waals surface area (Å²) in [4.78, 5) is 26.1. The first kappa shape index (κ1) is 18.9. The maximum absolute atomic E-state index is 12.6. The maximum atomic E-state index is 12.6. The van der Waals surface area contributed by atoms with E-state index in [2.05, 4.69) is 15.5 Å². The summed E-state index contributed by atoms with van der Waals surface area (Å²) >= 11 is 0. The number of carbonyl (C=O) groups excluding carboxylic acids is 1. The Kier molecular flexibility index (Phi) is 6.11. The second-order valence-electron chi connectivity index (χ2n) is 7.12. The summed E-state index contributed by atoms with van der Waals surface area (Å²) in [5.41, 5.74) is 1.56. The molecule has 27 heavy (non-hydrogen) atoms. The van der Waals surface area contributed by atoms with Crippen LogP contribution < -0.4 is 20.5 Å². The first-order valence-electron chi connectivity index (χ1n) is 9.34. The van der Waals surface area contributed by atoms with E-state index in [1.165, 1.54) is 6.07 Å². The molecule has 0 saturated carbocycles. The highest BCUT2D eigenvalue weighted by Gasteiger charge is 2.26. The van der Waals surface area contributed by atoms with Crippen LogP contribution in [0.2, 0.25) is 0 Å². The Morgan fingerprint density at radius 1 is 1.37 bits per heavy atom. The smallest absolute Gasteiger partial charge is 0.266 e. The lowest BCUT2D eigenvalue weighted by atomic mass is 9.96. The molecule has 0 radical (unpaired) electrons. The van der Waals surface area contributed by atoms with E-state index in [0.717, 1.165) is 36.4 Å². The fourth-order valence-electron chi connectivity index (χ4n) is 3.26. The van der Waals surface area contributed by atoms with E-state index in [9.17, 15) is 9.59 Å². The fourth-order valence-corrected chi connectivity index (χ4v) is 3.26. The summed E-state index contributed by atoms with van der Waals surface area (Å²) in [5.74, 6) is 0.774. The first-order chi connectivity index (χ1) is 13.0. The highest BCUT2D eigenvalue weighted by Crippen LogP contribution is 2.22. The Morgan fingerprint density at radius 2 is 2.15 bits per heavy atom. The minimum Gasteiger partial charge on any atom is -0.491 e. The molecule has 0 aliphatic carbocycles. The van der Waals surface area contributed by atoms with Gasteiger partial charge in [0, 0.05) is 25.7 Å². The van der Waals surface area contributed by atoms with Crippen LogP contribution in [0, 0.1) is 5.92 Å². The molecule has 7 heteroatoms. The van der Waals surface area contributed by atoms with E-state index in [4.69, 9.17) is 4.74 Å². The number of benzene rings is 1. The third-order valence-corrected chi connectivity index (χ3v) is 4.57. The molecule has 0 unspecified atom stereocenters. The van der Waals surface area contributed by atoms with Gasteiger partial charge in [0.25, 0.3) is 5.56 Å². The van der Waals surface area contributed by atoms with E-state index in [-0.39, 0.29) is 23.5 Å². The molecule has 0 spiro atoms. The molecule has 2 heterocycles. The number of nitrogens with one attached hydrogen (secondary N) is 2. The van der Waals surface area contributed by atoms with E-state index < -0.39 is 0 Å². The van der Waals surface area contributed by atoms with Crippen molar-refractivity contribution in [1.29, 1.82) is 0 Å². The lowest BCUT2D eigenvalue weighted by molar-refractivity contribution is -0.125. The third-order valence-electron chi connectivity index (χ3n) is 4.57. The zero-order valence-electron chi connectivity index (χ0n) is 15.8. The highest BCUT2D eigenvalue weighted by molar-refractivity contribution is 5.79. The van der Waals surface area contributed by atoms with Crippen molar-refractivity contribution in [3.8, 4) is 5.75 Å². The number of aromatic amines is 1. The van der Waals surface area contributed by atoms with Crippen LogP contribution in [0.1, 0.15) is 32.3 Å². The molecule has 1 aromatic heterocycles. The first-order valence-corrected chi connectivity index (χ1v) is 9.34. The van der Waals surface area contributed by atoms with Crippen molar-refractivity contribution in [3.05, 3.63) is 52.4 Å². The number of ether oxygens (including phenoxy) is 1. The monoisotopic (exact) mass is 370 g/mol. The van der Waals surface area contributed by atoms with Crippen LogP contribution in [0.15, 0.2) is 41.3 Å². The van der Waals surface area contributed by atoms with Gasteiger partial charge in [-0.3, -0.25) is 9.59 Å². The van der Waals surface area contributed by atoms with Gasteiger partial charge < -0.3 is 15.0 Å². The minimum absolute atomic E-state index is 0.0417. The fraction of sp³-hybridized carbons (Fsp3) is 0.450. The molecular formula is C20H26N4O3. The molecule has 3 rings (SSSR count). The molecule has 1 atom stereocenters. The van der Waals surface area contributed by atoms with E-state index >= 15 is 0 Å². The molecule has 144 valence electrons. The topological polar surface area (TPSA) is 87.3 Å². The number of piperidine rings is 1. The molecule has 1 aliphatic heterocycles. The van der Waals surface area contributed by atoms with Gasteiger partial charge in [0.15, 0.2) is 0 Å². The van der Waals surface area contributed by atoms with Gasteiger partial charge in [0.2, 0.25) is 5.91 Å². The van der Waals surface area contributed by atoms with Gasteiger partial charge >= 0.3 is 0 Å². The van der Waals surface area contributed by atoms with Gasteiger partial charge in [-0.2, -0.15) is 5.10 Å². The van der Waals surface area contributed by atoms with E-state index in [0.29, 0.717) is 13.1 Å². The van der Waals surface area contributed by atoms with Gasteiger partial charge in [-0.25, -0.2) is 5.10 Å². The number of nitrogens with zero attached hydrogens (tertiary/aromatic N) is 2. The Hall–Kier alpha value is -2.83. The van der Waals surface area contributed by atoms with Crippen molar-refractivity contribution in [2.45, 2.75) is 39.3 Å². The average molecular weight is 370 g/mol. The summed E-state index contributed by atoms with van der Waals surface area (Å²) in [6.07, 6.45) is 3.52.